The SMILES string of the molecule is Cc1ccc(NC(=O)c2ccc(F)c(F)c2)c(C)c1NC(=O)CCC1CCCC1. The highest BCUT2D eigenvalue weighted by molar-refractivity contribution is 6.05. The standard InChI is InChI=1S/C23H26F2N2O2/c1-14-7-11-20(26-23(29)17-9-10-18(24)19(25)13-17)15(2)22(14)27-21(28)12-8-16-5-3-4-6-16/h7,9-11,13,16H,3-6,8,12H2,1-2H3,(H,26,29)(H,27,28). The molecule has 4 nitrogen and oxygen atoms in total. The van der Waals surface area contributed by atoms with Crippen LogP contribution in [0.5, 0.6) is 0 Å². The van der Waals surface area contributed by atoms with Crippen molar-refractivity contribution < 1.29 is 18.4 Å². The summed E-state index contributed by atoms with van der Waals surface area (Å²) in [4.78, 5) is 24.8. The minimum atomic E-state index is -1.08. The van der Waals surface area contributed by atoms with Gasteiger partial charge in [-0.05, 0) is 61.6 Å². The van der Waals surface area contributed by atoms with Gasteiger partial charge in [0.15, 0.2) is 11.6 Å². The molecule has 0 unspecified atom stereocenters. The molecule has 2 aromatic carbocycles. The monoisotopic (exact) mass is 400 g/mol. The molecule has 154 valence electrons. The van der Waals surface area contributed by atoms with Crippen molar-refractivity contribution in [1.29, 1.82) is 0 Å². The lowest BCUT2D eigenvalue weighted by atomic mass is 10.0. The van der Waals surface area contributed by atoms with Gasteiger partial charge in [0.1, 0.15) is 0 Å². The number of halogens is 2. The van der Waals surface area contributed by atoms with E-state index in [2.05, 4.69) is 10.6 Å². The average molecular weight is 400 g/mol. The smallest absolute Gasteiger partial charge is 0.255 e. The zero-order valence-corrected chi connectivity index (χ0v) is 16.8. The summed E-state index contributed by atoms with van der Waals surface area (Å²) in [6.07, 6.45) is 6.30. The molecule has 2 N–H and O–H groups in total. The second-order valence-electron chi connectivity index (χ2n) is 7.75. The van der Waals surface area contributed by atoms with Crippen molar-refractivity contribution in [3.05, 3.63) is 58.7 Å². The third-order valence-electron chi connectivity index (χ3n) is 5.62. The molecule has 2 aromatic rings. The van der Waals surface area contributed by atoms with Gasteiger partial charge in [0.25, 0.3) is 5.91 Å². The first-order valence-electron chi connectivity index (χ1n) is 10.0. The van der Waals surface area contributed by atoms with Gasteiger partial charge >= 0.3 is 0 Å². The fraction of sp³-hybridized carbons (Fsp3) is 0.391. The molecular weight excluding hydrogens is 374 g/mol. The number of carbonyl (C=O) groups excluding carboxylic acids is 2. The summed E-state index contributed by atoms with van der Waals surface area (Å²) >= 11 is 0. The van der Waals surface area contributed by atoms with Crippen LogP contribution in [0.25, 0.3) is 0 Å². The van der Waals surface area contributed by atoms with Gasteiger partial charge in [-0.25, -0.2) is 8.78 Å². The molecule has 3 rings (SSSR count). The topological polar surface area (TPSA) is 58.2 Å². The van der Waals surface area contributed by atoms with E-state index < -0.39 is 17.5 Å². The fourth-order valence-corrected chi connectivity index (χ4v) is 3.84. The van der Waals surface area contributed by atoms with Gasteiger partial charge < -0.3 is 10.6 Å². The van der Waals surface area contributed by atoms with Crippen LogP contribution < -0.4 is 10.6 Å². The van der Waals surface area contributed by atoms with Gasteiger partial charge in [-0.1, -0.05) is 31.7 Å². The van der Waals surface area contributed by atoms with Crippen molar-refractivity contribution in [3.63, 3.8) is 0 Å². The van der Waals surface area contributed by atoms with E-state index in [0.29, 0.717) is 23.7 Å². The van der Waals surface area contributed by atoms with Crippen molar-refractivity contribution in [2.24, 2.45) is 5.92 Å². The average Bonchev–Trinajstić information content (AvgIpc) is 3.21. The van der Waals surface area contributed by atoms with Crippen LogP contribution in [-0.2, 0) is 4.79 Å². The highest BCUT2D eigenvalue weighted by Crippen LogP contribution is 2.30. The molecule has 0 atom stereocenters. The van der Waals surface area contributed by atoms with Crippen molar-refractivity contribution in [3.8, 4) is 0 Å². The molecule has 1 aliphatic carbocycles. The Balaban J connectivity index is 1.69. The van der Waals surface area contributed by atoms with Gasteiger partial charge in [-0.15, -0.1) is 0 Å². The number of hydrogen-bond acceptors (Lipinski definition) is 2. The minimum absolute atomic E-state index is 0.0195. The predicted molar refractivity (Wildman–Crippen MR) is 110 cm³/mol. The Morgan fingerprint density at radius 3 is 2.41 bits per heavy atom. The lowest BCUT2D eigenvalue weighted by Crippen LogP contribution is -2.17. The van der Waals surface area contributed by atoms with Crippen LogP contribution in [0.3, 0.4) is 0 Å². The van der Waals surface area contributed by atoms with E-state index in [1.165, 1.54) is 31.7 Å². The summed E-state index contributed by atoms with van der Waals surface area (Å²) in [5, 5.41) is 5.68. The summed E-state index contributed by atoms with van der Waals surface area (Å²) in [7, 11) is 0. The zero-order valence-electron chi connectivity index (χ0n) is 16.8. The summed E-state index contributed by atoms with van der Waals surface area (Å²) in [5.74, 6) is -2.02. The molecule has 0 aromatic heterocycles. The number of nitrogens with one attached hydrogen (secondary N) is 2. The molecule has 0 aliphatic heterocycles. The van der Waals surface area contributed by atoms with E-state index >= 15 is 0 Å². The maximum Gasteiger partial charge on any atom is 0.255 e. The molecule has 0 saturated heterocycles. The highest BCUT2D eigenvalue weighted by atomic mass is 19.2. The maximum absolute atomic E-state index is 13.4. The van der Waals surface area contributed by atoms with Crippen molar-refractivity contribution >= 4 is 23.2 Å². The Kier molecular flexibility index (Phi) is 6.62. The van der Waals surface area contributed by atoms with Gasteiger partial charge in [-0.2, -0.15) is 0 Å². The lowest BCUT2D eigenvalue weighted by Gasteiger charge is -2.17. The third-order valence-corrected chi connectivity index (χ3v) is 5.62. The molecule has 29 heavy (non-hydrogen) atoms. The Morgan fingerprint density at radius 1 is 1.00 bits per heavy atom. The lowest BCUT2D eigenvalue weighted by molar-refractivity contribution is -0.116. The second kappa shape index (κ2) is 9.16. The first-order chi connectivity index (χ1) is 13.8. The Morgan fingerprint density at radius 2 is 1.72 bits per heavy atom. The zero-order chi connectivity index (χ0) is 21.0. The Labute approximate surface area is 169 Å². The number of aryl methyl sites for hydroxylation is 1. The fourth-order valence-electron chi connectivity index (χ4n) is 3.84. The number of anilines is 2. The highest BCUT2D eigenvalue weighted by Gasteiger charge is 2.18. The molecule has 0 radical (unpaired) electrons. The van der Waals surface area contributed by atoms with Crippen LogP contribution in [0.4, 0.5) is 20.2 Å². The number of benzene rings is 2. The number of rotatable bonds is 6. The first-order valence-corrected chi connectivity index (χ1v) is 10.0. The summed E-state index contributed by atoms with van der Waals surface area (Å²) in [6.45, 7) is 3.70. The van der Waals surface area contributed by atoms with Crippen LogP contribution in [0.1, 0.15) is 60.0 Å². The van der Waals surface area contributed by atoms with Gasteiger partial charge in [0, 0.05) is 23.4 Å². The maximum atomic E-state index is 13.4. The molecular formula is C23H26F2N2O2. The molecule has 0 spiro atoms. The van der Waals surface area contributed by atoms with E-state index in [9.17, 15) is 18.4 Å². The molecule has 0 heterocycles. The van der Waals surface area contributed by atoms with Crippen molar-refractivity contribution in [2.75, 3.05) is 10.6 Å². The van der Waals surface area contributed by atoms with Crippen LogP contribution in [0.15, 0.2) is 30.3 Å². The third kappa shape index (κ3) is 5.19. The van der Waals surface area contributed by atoms with E-state index in [-0.39, 0.29) is 11.5 Å². The molecule has 2 amide bonds. The van der Waals surface area contributed by atoms with Gasteiger partial charge in [0.05, 0.1) is 0 Å². The number of amides is 2. The molecule has 1 fully saturated rings. The van der Waals surface area contributed by atoms with Crippen molar-refractivity contribution in [2.45, 2.75) is 52.4 Å². The largest absolute Gasteiger partial charge is 0.326 e. The summed E-state index contributed by atoms with van der Waals surface area (Å²) in [6, 6.07) is 6.54. The quantitative estimate of drug-likeness (QED) is 0.649. The van der Waals surface area contributed by atoms with E-state index in [1.54, 1.807) is 19.1 Å². The summed E-state index contributed by atoms with van der Waals surface area (Å²) in [5.41, 5.74) is 2.81. The van der Waals surface area contributed by atoms with Crippen LogP contribution in [0.2, 0.25) is 0 Å². The number of carbonyl (C=O) groups is 2. The van der Waals surface area contributed by atoms with Crippen LogP contribution in [-0.4, -0.2) is 11.8 Å². The molecule has 6 heteroatoms. The van der Waals surface area contributed by atoms with Gasteiger partial charge in [0.2, 0.25) is 5.91 Å². The van der Waals surface area contributed by atoms with Crippen LogP contribution >= 0.6 is 0 Å². The minimum Gasteiger partial charge on any atom is -0.326 e. The Bertz CT molecular complexity index is 921. The normalized spacial score (nSPS) is 14.1. The van der Waals surface area contributed by atoms with Crippen molar-refractivity contribution in [1.82, 2.24) is 0 Å². The molecule has 1 aliphatic rings. The Hall–Kier alpha value is -2.76. The molecule has 0 bridgehead atoms. The number of hydrogen-bond donors (Lipinski definition) is 2. The molecule has 1 saturated carbocycles. The summed E-state index contributed by atoms with van der Waals surface area (Å²) < 4.78 is 26.5. The predicted octanol–water partition coefficient (Wildman–Crippen LogP) is 5.74. The first kappa shape index (κ1) is 21.0. The van der Waals surface area contributed by atoms with E-state index in [0.717, 1.165) is 29.7 Å². The van der Waals surface area contributed by atoms with Gasteiger partial charge in [-0.3, -0.25) is 9.59 Å². The van der Waals surface area contributed by atoms with E-state index in [1.807, 2.05) is 6.92 Å². The van der Waals surface area contributed by atoms with E-state index in [4.69, 9.17) is 0 Å². The van der Waals surface area contributed by atoms with Crippen LogP contribution in [0, 0.1) is 31.4 Å². The second-order valence-corrected chi connectivity index (χ2v) is 7.75.